The van der Waals surface area contributed by atoms with Gasteiger partial charge in [0.1, 0.15) is 18.2 Å². The quantitative estimate of drug-likeness (QED) is 0.347. The molecule has 3 aromatic rings. The molecule has 0 atom stereocenters. The minimum Gasteiger partial charge on any atom is -0.492 e. The Morgan fingerprint density at radius 3 is 2.66 bits per heavy atom. The molecule has 0 spiro atoms. The van der Waals surface area contributed by atoms with Crippen LogP contribution in [0, 0.1) is 12.7 Å². The zero-order chi connectivity index (χ0) is 24.8. The first-order chi connectivity index (χ1) is 16.9. The van der Waals surface area contributed by atoms with Crippen LogP contribution in [0.1, 0.15) is 35.1 Å². The fourth-order valence-corrected chi connectivity index (χ4v) is 4.66. The predicted molar refractivity (Wildman–Crippen MR) is 138 cm³/mol. The molecule has 0 amide bonds. The van der Waals surface area contributed by atoms with Gasteiger partial charge >= 0.3 is 5.97 Å². The molecule has 0 fully saturated rings. The highest BCUT2D eigenvalue weighted by atomic mass is 35.5. The number of ether oxygens (including phenoxy) is 1. The largest absolute Gasteiger partial charge is 0.492 e. The van der Waals surface area contributed by atoms with Gasteiger partial charge < -0.3 is 20.1 Å². The minimum atomic E-state index is -0.930. The lowest BCUT2D eigenvalue weighted by Gasteiger charge is -2.33. The van der Waals surface area contributed by atoms with Crippen molar-refractivity contribution in [3.63, 3.8) is 0 Å². The van der Waals surface area contributed by atoms with E-state index >= 15 is 0 Å². The van der Waals surface area contributed by atoms with Crippen LogP contribution in [-0.4, -0.2) is 30.8 Å². The second-order valence-corrected chi connectivity index (χ2v) is 9.24. The summed E-state index contributed by atoms with van der Waals surface area (Å²) in [6, 6.07) is 16.6. The highest BCUT2D eigenvalue weighted by molar-refractivity contribution is 6.30. The van der Waals surface area contributed by atoms with Crippen molar-refractivity contribution in [2.24, 2.45) is 0 Å². The number of halogens is 2. The molecule has 1 aliphatic heterocycles. The van der Waals surface area contributed by atoms with Gasteiger partial charge in [-0.25, -0.2) is 4.39 Å². The number of hydrogen-bond donors (Lipinski definition) is 2. The van der Waals surface area contributed by atoms with Gasteiger partial charge in [-0.15, -0.1) is 0 Å². The van der Waals surface area contributed by atoms with Gasteiger partial charge in [-0.05, 0) is 84.8 Å². The van der Waals surface area contributed by atoms with Gasteiger partial charge in [-0.2, -0.15) is 0 Å². The third kappa shape index (κ3) is 6.45. The van der Waals surface area contributed by atoms with Crippen molar-refractivity contribution in [1.29, 1.82) is 0 Å². The molecule has 0 radical (unpaired) electrons. The molecule has 0 bridgehead atoms. The number of aliphatic carboxylic acids is 1. The van der Waals surface area contributed by atoms with Crippen molar-refractivity contribution in [2.75, 3.05) is 29.9 Å². The average Bonchev–Trinajstić information content (AvgIpc) is 2.84. The molecule has 3 aromatic carbocycles. The van der Waals surface area contributed by atoms with E-state index < -0.39 is 5.97 Å². The van der Waals surface area contributed by atoms with E-state index in [0.29, 0.717) is 29.4 Å². The van der Waals surface area contributed by atoms with Crippen LogP contribution in [0.4, 0.5) is 15.8 Å². The molecule has 0 aromatic heterocycles. The van der Waals surface area contributed by atoms with Crippen LogP contribution in [0.2, 0.25) is 5.02 Å². The Balaban J connectivity index is 1.40. The zero-order valence-corrected chi connectivity index (χ0v) is 20.6. The smallest absolute Gasteiger partial charge is 0.303 e. The lowest BCUT2D eigenvalue weighted by Crippen LogP contribution is -2.34. The van der Waals surface area contributed by atoms with Gasteiger partial charge in [0.15, 0.2) is 0 Å². The number of benzene rings is 3. The van der Waals surface area contributed by atoms with E-state index in [1.165, 1.54) is 22.9 Å². The molecule has 0 saturated carbocycles. The Kier molecular flexibility index (Phi) is 8.13. The minimum absolute atomic E-state index is 0.0841. The monoisotopic (exact) mass is 496 g/mol. The SMILES string of the molecule is Cc1c(CNc2ccc(CCC(=O)O)c(F)c2)ccc2c1N(CCOc1ccc(Cl)cc1)CCC2. The molecular weight excluding hydrogens is 467 g/mol. The van der Waals surface area contributed by atoms with Gasteiger partial charge in [0.2, 0.25) is 0 Å². The van der Waals surface area contributed by atoms with Crippen LogP contribution >= 0.6 is 11.6 Å². The molecule has 1 aliphatic rings. The molecule has 1 heterocycles. The van der Waals surface area contributed by atoms with Crippen LogP contribution in [0.3, 0.4) is 0 Å². The lowest BCUT2D eigenvalue weighted by molar-refractivity contribution is -0.136. The maximum Gasteiger partial charge on any atom is 0.303 e. The van der Waals surface area contributed by atoms with E-state index in [2.05, 4.69) is 29.3 Å². The summed E-state index contributed by atoms with van der Waals surface area (Å²) in [6.45, 7) is 5.07. The molecule has 7 heteroatoms. The summed E-state index contributed by atoms with van der Waals surface area (Å²) >= 11 is 5.95. The number of fused-ring (bicyclic) bond motifs is 1. The Hall–Kier alpha value is -3.25. The second-order valence-electron chi connectivity index (χ2n) is 8.80. The highest BCUT2D eigenvalue weighted by Gasteiger charge is 2.20. The van der Waals surface area contributed by atoms with E-state index in [9.17, 15) is 9.18 Å². The van der Waals surface area contributed by atoms with E-state index in [4.69, 9.17) is 21.4 Å². The highest BCUT2D eigenvalue weighted by Crippen LogP contribution is 2.33. The number of aryl methyl sites for hydroxylation is 2. The summed E-state index contributed by atoms with van der Waals surface area (Å²) in [5, 5.41) is 12.8. The van der Waals surface area contributed by atoms with Gasteiger partial charge in [-0.3, -0.25) is 4.79 Å². The van der Waals surface area contributed by atoms with Crippen LogP contribution < -0.4 is 15.0 Å². The van der Waals surface area contributed by atoms with Crippen molar-refractivity contribution in [3.05, 3.63) is 87.7 Å². The van der Waals surface area contributed by atoms with Crippen molar-refractivity contribution in [1.82, 2.24) is 0 Å². The molecule has 2 N–H and O–H groups in total. The molecule has 0 aliphatic carbocycles. The Morgan fingerprint density at radius 1 is 1.14 bits per heavy atom. The summed E-state index contributed by atoms with van der Waals surface area (Å²) in [5.41, 5.74) is 6.08. The summed E-state index contributed by atoms with van der Waals surface area (Å²) in [7, 11) is 0. The number of hydrogen-bond acceptors (Lipinski definition) is 4. The number of nitrogens with one attached hydrogen (secondary N) is 1. The first-order valence-electron chi connectivity index (χ1n) is 11.9. The maximum atomic E-state index is 14.4. The Labute approximate surface area is 210 Å². The van der Waals surface area contributed by atoms with Gasteiger partial charge in [-0.1, -0.05) is 29.8 Å². The number of carboxylic acid groups (broad SMARTS) is 1. The average molecular weight is 497 g/mol. The van der Waals surface area contributed by atoms with Crippen LogP contribution in [0.5, 0.6) is 5.75 Å². The number of nitrogens with zero attached hydrogens (tertiary/aromatic N) is 1. The van der Waals surface area contributed by atoms with Gasteiger partial charge in [0, 0.05) is 35.9 Å². The maximum absolute atomic E-state index is 14.4. The van der Waals surface area contributed by atoms with Crippen molar-refractivity contribution in [2.45, 2.75) is 39.2 Å². The van der Waals surface area contributed by atoms with E-state index in [1.807, 2.05) is 24.3 Å². The molecule has 5 nitrogen and oxygen atoms in total. The van der Waals surface area contributed by atoms with E-state index in [-0.39, 0.29) is 18.7 Å². The number of rotatable bonds is 10. The molecule has 4 rings (SSSR count). The summed E-state index contributed by atoms with van der Waals surface area (Å²) in [6.07, 6.45) is 2.27. The standard InChI is InChI=1S/C28H30ClFN2O3/c1-19-22(18-31-24-10-6-20(26(30)17-24)7-13-27(33)34)5-4-21-3-2-14-32(28(19)21)15-16-35-25-11-8-23(29)9-12-25/h4-6,8-12,17,31H,2-3,7,13-16,18H2,1H3,(H,33,34). The van der Waals surface area contributed by atoms with Gasteiger partial charge in [0.25, 0.3) is 0 Å². The van der Waals surface area contributed by atoms with Crippen molar-refractivity contribution < 1.29 is 19.0 Å². The van der Waals surface area contributed by atoms with E-state index in [0.717, 1.165) is 37.2 Å². The van der Waals surface area contributed by atoms with Gasteiger partial charge in [0.05, 0.1) is 6.54 Å². The topological polar surface area (TPSA) is 61.8 Å². The third-order valence-corrected chi connectivity index (χ3v) is 6.66. The fraction of sp³-hybridized carbons (Fsp3) is 0.321. The van der Waals surface area contributed by atoms with Crippen molar-refractivity contribution in [3.8, 4) is 5.75 Å². The molecule has 35 heavy (non-hydrogen) atoms. The zero-order valence-electron chi connectivity index (χ0n) is 19.8. The third-order valence-electron chi connectivity index (χ3n) is 6.40. The fourth-order valence-electron chi connectivity index (χ4n) is 4.53. The molecule has 0 saturated heterocycles. The number of carboxylic acids is 1. The number of carbonyl (C=O) groups is 1. The van der Waals surface area contributed by atoms with E-state index in [1.54, 1.807) is 12.1 Å². The second kappa shape index (κ2) is 11.5. The lowest BCUT2D eigenvalue weighted by atomic mass is 9.94. The molecule has 184 valence electrons. The summed E-state index contributed by atoms with van der Waals surface area (Å²) in [4.78, 5) is 13.1. The molecule has 0 unspecified atom stereocenters. The van der Waals surface area contributed by atoms with Crippen molar-refractivity contribution >= 4 is 28.9 Å². The molecular formula is C28H30ClFN2O3. The normalized spacial score (nSPS) is 12.8. The first-order valence-corrected chi connectivity index (χ1v) is 12.3. The van der Waals surface area contributed by atoms with Crippen LogP contribution in [0.25, 0.3) is 0 Å². The summed E-state index contributed by atoms with van der Waals surface area (Å²) < 4.78 is 20.3. The van der Waals surface area contributed by atoms with Crippen LogP contribution in [-0.2, 0) is 24.2 Å². The predicted octanol–water partition coefficient (Wildman–Crippen LogP) is 6.25. The first kappa shape index (κ1) is 24.9. The Bertz CT molecular complexity index is 1180. The summed E-state index contributed by atoms with van der Waals surface area (Å²) in [5.74, 6) is -0.507. The number of anilines is 2. The Morgan fingerprint density at radius 2 is 1.91 bits per heavy atom. The van der Waals surface area contributed by atoms with Crippen LogP contribution in [0.15, 0.2) is 54.6 Å².